The van der Waals surface area contributed by atoms with Crippen LogP contribution in [0.25, 0.3) is 10.8 Å². The third kappa shape index (κ3) is 4.94. The van der Waals surface area contributed by atoms with Gasteiger partial charge in [0, 0.05) is 23.6 Å². The predicted octanol–water partition coefficient (Wildman–Crippen LogP) is 5.31. The molecule has 0 fully saturated rings. The molecule has 0 atom stereocenters. The van der Waals surface area contributed by atoms with Crippen LogP contribution in [0.2, 0.25) is 0 Å². The molecule has 34 heavy (non-hydrogen) atoms. The number of hydrogen-bond acceptors (Lipinski definition) is 7. The van der Waals surface area contributed by atoms with Gasteiger partial charge >= 0.3 is 0 Å². The Morgan fingerprint density at radius 2 is 1.29 bits per heavy atom. The largest absolute Gasteiger partial charge is 0.340 e. The summed E-state index contributed by atoms with van der Waals surface area (Å²) in [7, 11) is -3.72. The number of hydrogen-bond donors (Lipinski definition) is 3. The van der Waals surface area contributed by atoms with Crippen molar-refractivity contribution < 1.29 is 8.42 Å². The highest BCUT2D eigenvalue weighted by Gasteiger charge is 2.14. The van der Waals surface area contributed by atoms with Crippen molar-refractivity contribution in [2.24, 2.45) is 0 Å². The van der Waals surface area contributed by atoms with Crippen LogP contribution in [0.3, 0.4) is 0 Å². The topological polar surface area (TPSA) is 109 Å². The number of aromatic nitrogens is 3. The van der Waals surface area contributed by atoms with Crippen LogP contribution >= 0.6 is 0 Å². The van der Waals surface area contributed by atoms with Gasteiger partial charge in [-0.05, 0) is 59.3 Å². The van der Waals surface area contributed by atoms with Gasteiger partial charge in [0.05, 0.1) is 4.90 Å². The average molecular weight is 469 g/mol. The van der Waals surface area contributed by atoms with Gasteiger partial charge in [-0.25, -0.2) is 23.4 Å². The normalized spacial score (nSPS) is 11.2. The molecular weight excluding hydrogens is 448 g/mol. The first-order valence-corrected chi connectivity index (χ1v) is 11.9. The van der Waals surface area contributed by atoms with Gasteiger partial charge < -0.3 is 10.6 Å². The van der Waals surface area contributed by atoms with Crippen LogP contribution < -0.4 is 15.4 Å². The highest BCUT2D eigenvalue weighted by molar-refractivity contribution is 7.92. The second kappa shape index (κ2) is 9.16. The van der Waals surface area contributed by atoms with Gasteiger partial charge in [0.1, 0.15) is 23.8 Å². The van der Waals surface area contributed by atoms with E-state index in [1.165, 1.54) is 6.33 Å². The Morgan fingerprint density at radius 3 is 2.06 bits per heavy atom. The second-order valence-electron chi connectivity index (χ2n) is 7.45. The minimum absolute atomic E-state index is 0.210. The standard InChI is InChI=1S/C25H20N6O2S/c32-34(33,22-13-8-18-5-1-2-6-19(18)15-22)31-21-11-9-20(10-12-21)29-24-16-25(28-17-27-24)30-23-7-3-4-14-26-23/h1-17,31H,(H2,26,27,28,29,30). The van der Waals surface area contributed by atoms with E-state index in [1.54, 1.807) is 54.7 Å². The molecule has 0 spiro atoms. The van der Waals surface area contributed by atoms with Crippen LogP contribution in [0, 0.1) is 0 Å². The third-order valence-electron chi connectivity index (χ3n) is 5.03. The van der Waals surface area contributed by atoms with Gasteiger partial charge in [0.25, 0.3) is 10.0 Å². The molecule has 0 radical (unpaired) electrons. The molecule has 2 aromatic heterocycles. The number of nitrogens with zero attached hydrogens (tertiary/aromatic N) is 3. The Bertz CT molecular complexity index is 1540. The maximum Gasteiger partial charge on any atom is 0.261 e. The summed E-state index contributed by atoms with van der Waals surface area (Å²) in [6.07, 6.45) is 3.14. The van der Waals surface area contributed by atoms with Crippen LogP contribution in [0.1, 0.15) is 0 Å². The van der Waals surface area contributed by atoms with E-state index in [-0.39, 0.29) is 4.90 Å². The van der Waals surface area contributed by atoms with E-state index in [4.69, 9.17) is 0 Å². The van der Waals surface area contributed by atoms with Crippen molar-refractivity contribution in [3.05, 3.63) is 104 Å². The van der Waals surface area contributed by atoms with E-state index >= 15 is 0 Å². The number of rotatable bonds is 7. The fourth-order valence-corrected chi connectivity index (χ4v) is 4.47. The molecule has 0 unspecified atom stereocenters. The molecule has 0 saturated heterocycles. The van der Waals surface area contributed by atoms with Crippen molar-refractivity contribution in [2.75, 3.05) is 15.4 Å². The van der Waals surface area contributed by atoms with E-state index in [0.717, 1.165) is 16.5 Å². The fraction of sp³-hybridized carbons (Fsp3) is 0. The Kier molecular flexibility index (Phi) is 5.75. The number of sulfonamides is 1. The van der Waals surface area contributed by atoms with Crippen LogP contribution in [0.5, 0.6) is 0 Å². The molecule has 3 N–H and O–H groups in total. The van der Waals surface area contributed by atoms with Crippen molar-refractivity contribution >= 4 is 49.6 Å². The van der Waals surface area contributed by atoms with E-state index in [1.807, 2.05) is 42.5 Å². The average Bonchev–Trinajstić information content (AvgIpc) is 2.86. The lowest BCUT2D eigenvalue weighted by Gasteiger charge is -2.11. The molecule has 168 valence electrons. The number of nitrogens with one attached hydrogen (secondary N) is 3. The summed E-state index contributed by atoms with van der Waals surface area (Å²) < 4.78 is 28.3. The van der Waals surface area contributed by atoms with Crippen molar-refractivity contribution in [2.45, 2.75) is 4.90 Å². The molecule has 0 aliphatic carbocycles. The van der Waals surface area contributed by atoms with Gasteiger partial charge in [-0.3, -0.25) is 4.72 Å². The molecule has 0 aliphatic rings. The van der Waals surface area contributed by atoms with E-state index in [2.05, 4.69) is 30.3 Å². The molecule has 0 aliphatic heterocycles. The number of pyridine rings is 1. The first-order chi connectivity index (χ1) is 16.5. The van der Waals surface area contributed by atoms with Crippen molar-refractivity contribution in [3.63, 3.8) is 0 Å². The first kappa shape index (κ1) is 21.4. The third-order valence-corrected chi connectivity index (χ3v) is 6.41. The minimum atomic E-state index is -3.72. The summed E-state index contributed by atoms with van der Waals surface area (Å²) in [5.74, 6) is 1.85. The summed E-state index contributed by atoms with van der Waals surface area (Å²) in [4.78, 5) is 12.9. The Morgan fingerprint density at radius 1 is 0.588 bits per heavy atom. The molecule has 0 amide bonds. The predicted molar refractivity (Wildman–Crippen MR) is 134 cm³/mol. The molecule has 9 heteroatoms. The smallest absolute Gasteiger partial charge is 0.261 e. The Balaban J connectivity index is 1.28. The molecule has 2 heterocycles. The van der Waals surface area contributed by atoms with E-state index in [0.29, 0.717) is 23.1 Å². The lowest BCUT2D eigenvalue weighted by molar-refractivity contribution is 0.601. The molecule has 0 saturated carbocycles. The van der Waals surface area contributed by atoms with Crippen LogP contribution in [0.15, 0.2) is 108 Å². The maximum absolute atomic E-state index is 12.9. The SMILES string of the molecule is O=S(=O)(Nc1ccc(Nc2cc(Nc3ccccn3)ncn2)cc1)c1ccc2ccccc2c1. The monoisotopic (exact) mass is 468 g/mol. The molecule has 3 aromatic carbocycles. The highest BCUT2D eigenvalue weighted by atomic mass is 32.2. The van der Waals surface area contributed by atoms with Gasteiger partial charge in [-0.1, -0.05) is 36.4 Å². The summed E-state index contributed by atoms with van der Waals surface area (Å²) in [6, 6.07) is 26.9. The van der Waals surface area contributed by atoms with Gasteiger partial charge in [0.15, 0.2) is 0 Å². The Labute approximate surface area is 196 Å². The van der Waals surface area contributed by atoms with Crippen molar-refractivity contribution in [1.82, 2.24) is 15.0 Å². The fourth-order valence-electron chi connectivity index (χ4n) is 3.38. The Hall–Kier alpha value is -4.50. The quantitative estimate of drug-likeness (QED) is 0.297. The molecule has 0 bridgehead atoms. The van der Waals surface area contributed by atoms with Crippen molar-refractivity contribution in [1.29, 1.82) is 0 Å². The first-order valence-electron chi connectivity index (χ1n) is 10.4. The summed E-state index contributed by atoms with van der Waals surface area (Å²) >= 11 is 0. The van der Waals surface area contributed by atoms with Crippen molar-refractivity contribution in [3.8, 4) is 0 Å². The molecular formula is C25H20N6O2S. The zero-order valence-corrected chi connectivity index (χ0v) is 18.7. The molecule has 5 rings (SSSR count). The number of fused-ring (bicyclic) bond motifs is 1. The number of benzene rings is 3. The lowest BCUT2D eigenvalue weighted by atomic mass is 10.1. The van der Waals surface area contributed by atoms with Gasteiger partial charge in [-0.15, -0.1) is 0 Å². The van der Waals surface area contributed by atoms with Gasteiger partial charge in [0.2, 0.25) is 0 Å². The van der Waals surface area contributed by atoms with Crippen LogP contribution in [-0.2, 0) is 10.0 Å². The van der Waals surface area contributed by atoms with Crippen LogP contribution in [0.4, 0.5) is 28.8 Å². The summed E-state index contributed by atoms with van der Waals surface area (Å²) in [5, 5.41) is 8.15. The van der Waals surface area contributed by atoms with Crippen LogP contribution in [-0.4, -0.2) is 23.4 Å². The summed E-state index contributed by atoms with van der Waals surface area (Å²) in [5.41, 5.74) is 1.20. The van der Waals surface area contributed by atoms with E-state index in [9.17, 15) is 8.42 Å². The summed E-state index contributed by atoms with van der Waals surface area (Å²) in [6.45, 7) is 0. The van der Waals surface area contributed by atoms with Gasteiger partial charge in [-0.2, -0.15) is 0 Å². The zero-order chi connectivity index (χ0) is 23.4. The molecule has 8 nitrogen and oxygen atoms in total. The highest BCUT2D eigenvalue weighted by Crippen LogP contribution is 2.24. The lowest BCUT2D eigenvalue weighted by Crippen LogP contribution is -2.12. The minimum Gasteiger partial charge on any atom is -0.340 e. The zero-order valence-electron chi connectivity index (χ0n) is 17.9. The second-order valence-corrected chi connectivity index (χ2v) is 9.13. The number of anilines is 5. The molecule has 5 aromatic rings. The maximum atomic E-state index is 12.9. The van der Waals surface area contributed by atoms with E-state index < -0.39 is 10.0 Å².